The zero-order valence-corrected chi connectivity index (χ0v) is 16.3. The molecule has 2 aromatic heterocycles. The zero-order chi connectivity index (χ0) is 21.4. The van der Waals surface area contributed by atoms with Crippen molar-refractivity contribution in [3.05, 3.63) is 63.8 Å². The molecule has 0 unspecified atom stereocenters. The highest BCUT2D eigenvalue weighted by Gasteiger charge is 2.13. The Morgan fingerprint density at radius 2 is 1.83 bits per heavy atom. The Morgan fingerprint density at radius 3 is 2.60 bits per heavy atom. The average molecular weight is 413 g/mol. The summed E-state index contributed by atoms with van der Waals surface area (Å²) in [5, 5.41) is 6.00. The van der Waals surface area contributed by atoms with Gasteiger partial charge >= 0.3 is 5.76 Å². The molecule has 154 valence electrons. The number of methoxy groups -OCH3 is 1. The molecule has 4 aromatic rings. The topological polar surface area (TPSA) is 105 Å². The van der Waals surface area contributed by atoms with Crippen molar-refractivity contribution in [1.82, 2.24) is 15.0 Å². The van der Waals surface area contributed by atoms with Crippen molar-refractivity contribution in [3.63, 3.8) is 0 Å². The number of fused-ring (bicyclic) bond motifs is 1. The van der Waals surface area contributed by atoms with Crippen LogP contribution in [-0.2, 0) is 0 Å². The Balaban J connectivity index is 1.64. The zero-order valence-electron chi connectivity index (χ0n) is 16.3. The quantitative estimate of drug-likeness (QED) is 0.448. The Hall–Kier alpha value is -3.95. The second-order valence-electron chi connectivity index (χ2n) is 6.63. The summed E-state index contributed by atoms with van der Waals surface area (Å²) in [5.74, 6) is -1.11. The van der Waals surface area contributed by atoms with E-state index in [0.29, 0.717) is 28.3 Å². The van der Waals surface area contributed by atoms with E-state index in [1.807, 2.05) is 0 Å². The minimum atomic E-state index is -0.740. The van der Waals surface area contributed by atoms with Crippen LogP contribution in [0.25, 0.3) is 11.1 Å². The maximum absolute atomic E-state index is 14.2. The predicted octanol–water partition coefficient (Wildman–Crippen LogP) is 4.30. The minimum Gasteiger partial charge on any atom is -0.494 e. The fraction of sp³-hybridized carbons (Fsp3) is 0.150. The van der Waals surface area contributed by atoms with Gasteiger partial charge < -0.3 is 19.8 Å². The summed E-state index contributed by atoms with van der Waals surface area (Å²) in [6.45, 7) is 3.41. The number of nitrogens with one attached hydrogen (secondary N) is 3. The molecule has 10 heteroatoms. The molecule has 4 rings (SSSR count). The molecule has 3 N–H and O–H groups in total. The van der Waals surface area contributed by atoms with Crippen LogP contribution in [0.1, 0.15) is 11.1 Å². The summed E-state index contributed by atoms with van der Waals surface area (Å²) >= 11 is 0. The van der Waals surface area contributed by atoms with Gasteiger partial charge in [-0.1, -0.05) is 0 Å². The van der Waals surface area contributed by atoms with Crippen molar-refractivity contribution in [2.45, 2.75) is 13.8 Å². The summed E-state index contributed by atoms with van der Waals surface area (Å²) < 4.78 is 38.0. The predicted molar refractivity (Wildman–Crippen MR) is 108 cm³/mol. The maximum Gasteiger partial charge on any atom is 0.417 e. The van der Waals surface area contributed by atoms with Crippen LogP contribution in [0.4, 0.5) is 31.9 Å². The molecule has 2 aromatic carbocycles. The van der Waals surface area contributed by atoms with Crippen LogP contribution in [0.2, 0.25) is 0 Å². The lowest BCUT2D eigenvalue weighted by Crippen LogP contribution is -2.04. The number of hydrogen-bond donors (Lipinski definition) is 3. The van der Waals surface area contributed by atoms with Crippen molar-refractivity contribution < 1.29 is 17.9 Å². The van der Waals surface area contributed by atoms with Crippen molar-refractivity contribution >= 4 is 34.2 Å². The molecular weight excluding hydrogens is 396 g/mol. The number of oxazole rings is 1. The minimum absolute atomic E-state index is 0.0980. The summed E-state index contributed by atoms with van der Waals surface area (Å²) in [7, 11) is 1.38. The van der Waals surface area contributed by atoms with E-state index in [2.05, 4.69) is 25.6 Å². The summed E-state index contributed by atoms with van der Waals surface area (Å²) in [4.78, 5) is 22.3. The molecule has 0 spiro atoms. The van der Waals surface area contributed by atoms with Gasteiger partial charge in [-0.3, -0.25) is 4.98 Å². The van der Waals surface area contributed by atoms with Crippen LogP contribution in [0.5, 0.6) is 5.75 Å². The lowest BCUT2D eigenvalue weighted by atomic mass is 10.2. The molecule has 2 heterocycles. The number of aryl methyl sites for hydroxylation is 2. The van der Waals surface area contributed by atoms with Gasteiger partial charge in [-0.25, -0.2) is 18.6 Å². The fourth-order valence-electron chi connectivity index (χ4n) is 2.94. The number of hydrogen-bond acceptors (Lipinski definition) is 7. The summed E-state index contributed by atoms with van der Waals surface area (Å²) in [5.41, 5.74) is 2.09. The first kappa shape index (κ1) is 19.4. The van der Waals surface area contributed by atoms with Crippen LogP contribution >= 0.6 is 0 Å². The van der Waals surface area contributed by atoms with Gasteiger partial charge in [-0.2, -0.15) is 4.98 Å². The first-order chi connectivity index (χ1) is 14.3. The normalized spacial score (nSPS) is 11.0. The molecule has 8 nitrogen and oxygen atoms in total. The molecule has 30 heavy (non-hydrogen) atoms. The highest BCUT2D eigenvalue weighted by molar-refractivity contribution is 5.79. The number of anilines is 4. The molecule has 0 aliphatic heterocycles. The van der Waals surface area contributed by atoms with Crippen LogP contribution in [-0.4, -0.2) is 22.1 Å². The van der Waals surface area contributed by atoms with Crippen molar-refractivity contribution in [3.8, 4) is 5.75 Å². The standard InChI is InChI=1S/C20H17F2N5O3/c1-9-4-11(7-15(29-3)16(9)22)25-19-23-8-10(2)18(27-19)24-12-5-13(21)17-14(6-12)26-20(28)30-17/h4-8H,1-3H3,(H,26,28)(H2,23,24,25,27). The lowest BCUT2D eigenvalue weighted by molar-refractivity contribution is 0.385. The number of aromatic amines is 1. The van der Waals surface area contributed by atoms with E-state index < -0.39 is 17.4 Å². The second kappa shape index (κ2) is 7.47. The van der Waals surface area contributed by atoms with Crippen LogP contribution < -0.4 is 21.1 Å². The van der Waals surface area contributed by atoms with Gasteiger partial charge in [0.2, 0.25) is 5.95 Å². The molecule has 0 amide bonds. The van der Waals surface area contributed by atoms with Crippen LogP contribution in [0.3, 0.4) is 0 Å². The Bertz CT molecular complexity index is 1320. The summed E-state index contributed by atoms with van der Waals surface area (Å²) in [6, 6.07) is 5.83. The van der Waals surface area contributed by atoms with Crippen molar-refractivity contribution in [2.75, 3.05) is 17.7 Å². The number of ether oxygens (including phenoxy) is 1. The van der Waals surface area contributed by atoms with Gasteiger partial charge in [0, 0.05) is 35.3 Å². The van der Waals surface area contributed by atoms with Gasteiger partial charge in [0.05, 0.1) is 12.6 Å². The third kappa shape index (κ3) is 3.66. The highest BCUT2D eigenvalue weighted by Crippen LogP contribution is 2.28. The number of aromatic nitrogens is 3. The molecule has 0 fully saturated rings. The van der Waals surface area contributed by atoms with E-state index in [1.54, 1.807) is 26.1 Å². The van der Waals surface area contributed by atoms with Gasteiger partial charge in [-0.15, -0.1) is 0 Å². The smallest absolute Gasteiger partial charge is 0.417 e. The van der Waals surface area contributed by atoms with E-state index in [9.17, 15) is 13.6 Å². The Kier molecular flexibility index (Phi) is 4.82. The number of rotatable bonds is 5. The second-order valence-corrected chi connectivity index (χ2v) is 6.63. The molecule has 0 saturated heterocycles. The largest absolute Gasteiger partial charge is 0.494 e. The lowest BCUT2D eigenvalue weighted by Gasteiger charge is -2.13. The molecular formula is C20H17F2N5O3. The Labute approximate surface area is 168 Å². The highest BCUT2D eigenvalue weighted by atomic mass is 19.1. The first-order valence-corrected chi connectivity index (χ1v) is 8.88. The van der Waals surface area contributed by atoms with E-state index in [4.69, 9.17) is 9.15 Å². The molecule has 0 bridgehead atoms. The van der Waals surface area contributed by atoms with Gasteiger partial charge in [0.1, 0.15) is 5.82 Å². The van der Waals surface area contributed by atoms with E-state index in [1.165, 1.54) is 25.3 Å². The van der Waals surface area contributed by atoms with Gasteiger partial charge in [0.15, 0.2) is 23.0 Å². The van der Waals surface area contributed by atoms with Gasteiger partial charge in [0.25, 0.3) is 0 Å². The van der Waals surface area contributed by atoms with Gasteiger partial charge in [-0.05, 0) is 31.5 Å². The monoisotopic (exact) mass is 413 g/mol. The van der Waals surface area contributed by atoms with Crippen LogP contribution in [0, 0.1) is 25.5 Å². The fourth-order valence-corrected chi connectivity index (χ4v) is 2.94. The maximum atomic E-state index is 14.2. The number of benzene rings is 2. The van der Waals surface area contributed by atoms with Crippen LogP contribution in [0.15, 0.2) is 39.7 Å². The van der Waals surface area contributed by atoms with E-state index in [-0.39, 0.29) is 22.8 Å². The number of halogens is 2. The molecule has 0 atom stereocenters. The molecule has 0 saturated carbocycles. The van der Waals surface area contributed by atoms with Crippen molar-refractivity contribution in [2.24, 2.45) is 0 Å². The average Bonchev–Trinajstić information content (AvgIpc) is 3.08. The van der Waals surface area contributed by atoms with E-state index >= 15 is 0 Å². The molecule has 0 aliphatic rings. The van der Waals surface area contributed by atoms with E-state index in [0.717, 1.165) is 0 Å². The molecule has 0 radical (unpaired) electrons. The number of nitrogens with zero attached hydrogens (tertiary/aromatic N) is 2. The molecule has 0 aliphatic carbocycles. The number of H-pyrrole nitrogens is 1. The Morgan fingerprint density at radius 1 is 1.07 bits per heavy atom. The SMILES string of the molecule is COc1cc(Nc2ncc(C)c(Nc3cc(F)c4oc(=O)[nH]c4c3)n2)cc(C)c1F. The van der Waals surface area contributed by atoms with Crippen molar-refractivity contribution in [1.29, 1.82) is 0 Å². The third-order valence-electron chi connectivity index (χ3n) is 4.41. The third-order valence-corrected chi connectivity index (χ3v) is 4.41. The summed E-state index contributed by atoms with van der Waals surface area (Å²) in [6.07, 6.45) is 1.58. The first-order valence-electron chi connectivity index (χ1n) is 8.88.